The van der Waals surface area contributed by atoms with Crippen LogP contribution in [0.1, 0.15) is 24.6 Å². The Morgan fingerprint density at radius 3 is 2.74 bits per heavy atom. The zero-order valence-corrected chi connectivity index (χ0v) is 15.1. The maximum Gasteiger partial charge on any atom is 0.178 e. The predicted molar refractivity (Wildman–Crippen MR) is 102 cm³/mol. The first kappa shape index (κ1) is 17.5. The van der Waals surface area contributed by atoms with Crippen LogP contribution < -0.4 is 5.32 Å². The van der Waals surface area contributed by atoms with Crippen LogP contribution in [0, 0.1) is 5.82 Å². The van der Waals surface area contributed by atoms with Crippen molar-refractivity contribution in [2.24, 2.45) is 0 Å². The number of anilines is 2. The molecule has 27 heavy (non-hydrogen) atoms. The fourth-order valence-corrected chi connectivity index (χ4v) is 3.35. The van der Waals surface area contributed by atoms with Crippen LogP contribution in [0.4, 0.5) is 15.9 Å². The number of nitrogens with one attached hydrogen (secondary N) is 1. The number of hydrogen-bond acceptors (Lipinski definition) is 6. The SMILES string of the molecule is CN1CCCC(c2nc(Nc3cccc(F)c3)cc(-c3ncccn3)n2)C1. The van der Waals surface area contributed by atoms with E-state index in [2.05, 4.69) is 27.2 Å². The van der Waals surface area contributed by atoms with Crippen molar-refractivity contribution in [1.82, 2.24) is 24.8 Å². The molecule has 0 aliphatic carbocycles. The van der Waals surface area contributed by atoms with E-state index in [1.807, 2.05) is 0 Å². The van der Waals surface area contributed by atoms with Crippen LogP contribution in [-0.4, -0.2) is 45.0 Å². The minimum atomic E-state index is -0.296. The van der Waals surface area contributed by atoms with Crippen molar-refractivity contribution in [1.29, 1.82) is 0 Å². The molecule has 0 amide bonds. The van der Waals surface area contributed by atoms with E-state index < -0.39 is 0 Å². The summed E-state index contributed by atoms with van der Waals surface area (Å²) in [7, 11) is 2.11. The molecule has 1 atom stereocenters. The first-order valence-electron chi connectivity index (χ1n) is 9.05. The molecule has 138 valence electrons. The highest BCUT2D eigenvalue weighted by atomic mass is 19.1. The molecule has 6 nitrogen and oxygen atoms in total. The number of nitrogens with zero attached hydrogens (tertiary/aromatic N) is 5. The molecular formula is C20H21FN6. The molecule has 1 aliphatic rings. The Kier molecular flexibility index (Phi) is 5.02. The van der Waals surface area contributed by atoms with Crippen molar-refractivity contribution in [2.45, 2.75) is 18.8 Å². The fraction of sp³-hybridized carbons (Fsp3) is 0.300. The second kappa shape index (κ2) is 7.75. The number of halogens is 1. The van der Waals surface area contributed by atoms with Crippen molar-refractivity contribution >= 4 is 11.5 Å². The summed E-state index contributed by atoms with van der Waals surface area (Å²) in [5, 5.41) is 3.19. The molecule has 1 unspecified atom stereocenters. The predicted octanol–water partition coefficient (Wildman–Crippen LogP) is 3.63. The Morgan fingerprint density at radius 1 is 1.11 bits per heavy atom. The zero-order chi connectivity index (χ0) is 18.6. The van der Waals surface area contributed by atoms with E-state index in [4.69, 9.17) is 9.97 Å². The van der Waals surface area contributed by atoms with Crippen LogP contribution in [0.25, 0.3) is 11.5 Å². The van der Waals surface area contributed by atoms with E-state index in [1.54, 1.807) is 36.7 Å². The quantitative estimate of drug-likeness (QED) is 0.763. The van der Waals surface area contributed by atoms with E-state index in [0.29, 0.717) is 23.0 Å². The second-order valence-corrected chi connectivity index (χ2v) is 6.81. The van der Waals surface area contributed by atoms with Crippen LogP contribution in [0.5, 0.6) is 0 Å². The minimum Gasteiger partial charge on any atom is -0.340 e. The maximum absolute atomic E-state index is 13.5. The van der Waals surface area contributed by atoms with E-state index in [0.717, 1.165) is 31.8 Å². The molecule has 1 fully saturated rings. The fourth-order valence-electron chi connectivity index (χ4n) is 3.35. The monoisotopic (exact) mass is 364 g/mol. The van der Waals surface area contributed by atoms with Gasteiger partial charge < -0.3 is 10.2 Å². The van der Waals surface area contributed by atoms with Crippen molar-refractivity contribution < 1.29 is 4.39 Å². The van der Waals surface area contributed by atoms with Gasteiger partial charge >= 0.3 is 0 Å². The number of benzene rings is 1. The molecule has 0 saturated carbocycles. The van der Waals surface area contributed by atoms with Gasteiger partial charge in [0.1, 0.15) is 23.2 Å². The molecule has 1 saturated heterocycles. The van der Waals surface area contributed by atoms with Crippen molar-refractivity contribution in [3.63, 3.8) is 0 Å². The third-order valence-corrected chi connectivity index (χ3v) is 4.62. The summed E-state index contributed by atoms with van der Waals surface area (Å²) in [5.74, 6) is 1.88. The Hall–Kier alpha value is -2.93. The summed E-state index contributed by atoms with van der Waals surface area (Å²) in [6.45, 7) is 2.00. The highest BCUT2D eigenvalue weighted by Gasteiger charge is 2.23. The van der Waals surface area contributed by atoms with E-state index in [-0.39, 0.29) is 11.7 Å². The third kappa shape index (κ3) is 4.25. The van der Waals surface area contributed by atoms with Gasteiger partial charge in [-0.2, -0.15) is 0 Å². The van der Waals surface area contributed by atoms with Gasteiger partial charge in [-0.3, -0.25) is 0 Å². The minimum absolute atomic E-state index is 0.250. The molecule has 0 spiro atoms. The maximum atomic E-state index is 13.5. The van der Waals surface area contributed by atoms with Gasteiger partial charge in [-0.15, -0.1) is 0 Å². The summed E-state index contributed by atoms with van der Waals surface area (Å²) in [5.41, 5.74) is 1.30. The van der Waals surface area contributed by atoms with Gasteiger partial charge in [0, 0.05) is 36.6 Å². The standard InChI is InChI=1S/C20H21FN6/c1-27-10-3-5-14(13-27)19-25-17(20-22-8-4-9-23-20)12-18(26-19)24-16-7-2-6-15(21)11-16/h2,4,6-9,11-12,14H,3,5,10,13H2,1H3,(H,24,25,26). The van der Waals surface area contributed by atoms with Crippen LogP contribution in [0.2, 0.25) is 0 Å². The molecule has 3 aromatic rings. The van der Waals surface area contributed by atoms with Gasteiger partial charge in [0.2, 0.25) is 0 Å². The molecule has 3 heterocycles. The first-order chi connectivity index (χ1) is 13.2. The highest BCUT2D eigenvalue weighted by Crippen LogP contribution is 2.27. The Morgan fingerprint density at radius 2 is 1.96 bits per heavy atom. The van der Waals surface area contributed by atoms with Crippen LogP contribution in [0.15, 0.2) is 48.8 Å². The number of piperidine rings is 1. The summed E-state index contributed by atoms with van der Waals surface area (Å²) in [6.07, 6.45) is 5.54. The Labute approximate surface area is 157 Å². The summed E-state index contributed by atoms with van der Waals surface area (Å²) >= 11 is 0. The lowest BCUT2D eigenvalue weighted by molar-refractivity contribution is 0.246. The van der Waals surface area contributed by atoms with Gasteiger partial charge in [0.15, 0.2) is 5.82 Å². The molecule has 4 rings (SSSR count). The Balaban J connectivity index is 1.72. The molecule has 1 aliphatic heterocycles. The van der Waals surface area contributed by atoms with Gasteiger partial charge in [-0.25, -0.2) is 24.3 Å². The average Bonchev–Trinajstić information content (AvgIpc) is 2.68. The largest absolute Gasteiger partial charge is 0.340 e. The van der Waals surface area contributed by atoms with E-state index >= 15 is 0 Å². The molecular weight excluding hydrogens is 343 g/mol. The van der Waals surface area contributed by atoms with Gasteiger partial charge in [-0.05, 0) is 50.7 Å². The zero-order valence-electron chi connectivity index (χ0n) is 15.1. The van der Waals surface area contributed by atoms with Crippen LogP contribution in [0.3, 0.4) is 0 Å². The topological polar surface area (TPSA) is 66.8 Å². The molecule has 1 N–H and O–H groups in total. The second-order valence-electron chi connectivity index (χ2n) is 6.81. The van der Waals surface area contributed by atoms with Crippen molar-refractivity contribution in [3.05, 3.63) is 60.4 Å². The summed E-state index contributed by atoms with van der Waals surface area (Å²) in [4.78, 5) is 20.4. The van der Waals surface area contributed by atoms with Gasteiger partial charge in [0.05, 0.1) is 0 Å². The molecule has 1 aromatic carbocycles. The Bertz CT molecular complexity index is 917. The van der Waals surface area contributed by atoms with Gasteiger partial charge in [0.25, 0.3) is 0 Å². The van der Waals surface area contributed by atoms with Crippen LogP contribution in [-0.2, 0) is 0 Å². The highest BCUT2D eigenvalue weighted by molar-refractivity contribution is 5.61. The lowest BCUT2D eigenvalue weighted by Crippen LogP contribution is -2.31. The lowest BCUT2D eigenvalue weighted by Gasteiger charge is -2.29. The molecule has 0 radical (unpaired) electrons. The first-order valence-corrected chi connectivity index (χ1v) is 9.05. The number of likely N-dealkylation sites (tertiary alicyclic amines) is 1. The molecule has 7 heteroatoms. The molecule has 2 aromatic heterocycles. The number of likely N-dealkylation sites (N-methyl/N-ethyl adjacent to an activating group) is 1. The van der Waals surface area contributed by atoms with Crippen molar-refractivity contribution in [2.75, 3.05) is 25.5 Å². The third-order valence-electron chi connectivity index (χ3n) is 4.62. The lowest BCUT2D eigenvalue weighted by atomic mass is 9.97. The normalized spacial score (nSPS) is 17.6. The molecule has 0 bridgehead atoms. The summed E-state index contributed by atoms with van der Waals surface area (Å²) < 4.78 is 13.5. The number of aromatic nitrogens is 4. The average molecular weight is 364 g/mol. The number of hydrogen-bond donors (Lipinski definition) is 1. The summed E-state index contributed by atoms with van der Waals surface area (Å²) in [6, 6.07) is 9.89. The van der Waals surface area contributed by atoms with Crippen LogP contribution >= 0.6 is 0 Å². The van der Waals surface area contributed by atoms with E-state index in [1.165, 1.54) is 12.1 Å². The smallest absolute Gasteiger partial charge is 0.178 e. The van der Waals surface area contributed by atoms with Gasteiger partial charge in [-0.1, -0.05) is 6.07 Å². The van der Waals surface area contributed by atoms with Crippen molar-refractivity contribution in [3.8, 4) is 11.5 Å². The number of rotatable bonds is 4. The van der Waals surface area contributed by atoms with E-state index in [9.17, 15) is 4.39 Å².